The minimum absolute atomic E-state index is 0.0773. The SMILES string of the molecule is COC/C(=N\Nc1ccc([N+](=O)[O-])cc1[N+](=O)[O-])C(C)(C)C. The standard InChI is InChI=1S/C13H18N4O5/c1-13(2,3)12(8-22-4)15-14-10-6-5-9(16(18)19)7-11(10)17(20)21/h5-7,14H,8H2,1-4H3/b15-12+. The van der Waals surface area contributed by atoms with Crippen LogP contribution in [0.25, 0.3) is 0 Å². The molecule has 0 saturated carbocycles. The van der Waals surface area contributed by atoms with E-state index in [1.54, 1.807) is 0 Å². The second kappa shape index (κ2) is 6.94. The van der Waals surface area contributed by atoms with Crippen LogP contribution in [-0.4, -0.2) is 29.3 Å². The minimum Gasteiger partial charge on any atom is -0.379 e. The van der Waals surface area contributed by atoms with Crippen molar-refractivity contribution in [3.8, 4) is 0 Å². The molecule has 22 heavy (non-hydrogen) atoms. The maximum atomic E-state index is 11.0. The van der Waals surface area contributed by atoms with Crippen LogP contribution in [0.15, 0.2) is 23.3 Å². The number of hydrogen-bond acceptors (Lipinski definition) is 7. The number of non-ortho nitro benzene ring substituents is 1. The highest BCUT2D eigenvalue weighted by molar-refractivity contribution is 5.91. The van der Waals surface area contributed by atoms with E-state index in [-0.39, 0.29) is 23.4 Å². The van der Waals surface area contributed by atoms with Gasteiger partial charge in [0.15, 0.2) is 0 Å². The lowest BCUT2D eigenvalue weighted by Crippen LogP contribution is -2.26. The van der Waals surface area contributed by atoms with E-state index < -0.39 is 15.5 Å². The fourth-order valence-electron chi connectivity index (χ4n) is 1.56. The van der Waals surface area contributed by atoms with Crippen molar-refractivity contribution < 1.29 is 14.6 Å². The van der Waals surface area contributed by atoms with E-state index >= 15 is 0 Å². The number of nitro benzene ring substituents is 2. The van der Waals surface area contributed by atoms with Crippen molar-refractivity contribution in [2.24, 2.45) is 10.5 Å². The first-order chi connectivity index (χ1) is 10.2. The Morgan fingerprint density at radius 3 is 2.36 bits per heavy atom. The van der Waals surface area contributed by atoms with Gasteiger partial charge in [-0.15, -0.1) is 0 Å². The maximum absolute atomic E-state index is 11.0. The van der Waals surface area contributed by atoms with Gasteiger partial charge in [-0.2, -0.15) is 5.10 Å². The molecular weight excluding hydrogens is 292 g/mol. The first-order valence-electron chi connectivity index (χ1n) is 6.41. The molecule has 0 aliphatic heterocycles. The Balaban J connectivity index is 3.16. The Morgan fingerprint density at radius 2 is 1.91 bits per heavy atom. The van der Waals surface area contributed by atoms with Crippen LogP contribution in [0.3, 0.4) is 0 Å². The first-order valence-corrected chi connectivity index (χ1v) is 6.41. The van der Waals surface area contributed by atoms with E-state index in [0.29, 0.717) is 5.71 Å². The van der Waals surface area contributed by atoms with Gasteiger partial charge in [-0.05, 0) is 6.07 Å². The van der Waals surface area contributed by atoms with E-state index in [1.165, 1.54) is 19.2 Å². The highest BCUT2D eigenvalue weighted by atomic mass is 16.6. The number of anilines is 1. The molecule has 0 saturated heterocycles. The zero-order valence-electron chi connectivity index (χ0n) is 12.8. The molecule has 0 heterocycles. The number of nitrogens with one attached hydrogen (secondary N) is 1. The first kappa shape index (κ1) is 17.5. The van der Waals surface area contributed by atoms with Gasteiger partial charge in [0.25, 0.3) is 5.69 Å². The predicted molar refractivity (Wildman–Crippen MR) is 82.1 cm³/mol. The van der Waals surface area contributed by atoms with Crippen molar-refractivity contribution >= 4 is 22.8 Å². The van der Waals surface area contributed by atoms with Gasteiger partial charge in [-0.25, -0.2) is 0 Å². The normalized spacial score (nSPS) is 12.1. The van der Waals surface area contributed by atoms with Gasteiger partial charge < -0.3 is 4.74 Å². The van der Waals surface area contributed by atoms with Crippen LogP contribution in [-0.2, 0) is 4.74 Å². The zero-order valence-corrected chi connectivity index (χ0v) is 12.8. The number of nitro groups is 2. The van der Waals surface area contributed by atoms with Gasteiger partial charge >= 0.3 is 5.69 Å². The summed E-state index contributed by atoms with van der Waals surface area (Å²) in [5.41, 5.74) is 2.27. The van der Waals surface area contributed by atoms with E-state index in [4.69, 9.17) is 4.74 Å². The molecule has 120 valence electrons. The average molecular weight is 310 g/mol. The Hall–Kier alpha value is -2.55. The van der Waals surface area contributed by atoms with Crippen molar-refractivity contribution in [1.82, 2.24) is 0 Å². The van der Waals surface area contributed by atoms with E-state index in [9.17, 15) is 20.2 Å². The molecule has 0 aromatic heterocycles. The van der Waals surface area contributed by atoms with Gasteiger partial charge in [0.2, 0.25) is 0 Å². The van der Waals surface area contributed by atoms with Crippen LogP contribution in [0.2, 0.25) is 0 Å². The quantitative estimate of drug-likeness (QED) is 0.490. The van der Waals surface area contributed by atoms with Crippen LogP contribution in [0.1, 0.15) is 20.8 Å². The zero-order chi connectivity index (χ0) is 16.9. The molecule has 9 heteroatoms. The second-order valence-corrected chi connectivity index (χ2v) is 5.57. The van der Waals surface area contributed by atoms with Crippen molar-refractivity contribution in [3.63, 3.8) is 0 Å². The highest BCUT2D eigenvalue weighted by Crippen LogP contribution is 2.29. The molecule has 9 nitrogen and oxygen atoms in total. The fourth-order valence-corrected chi connectivity index (χ4v) is 1.56. The van der Waals surface area contributed by atoms with Gasteiger partial charge in [0.1, 0.15) is 5.69 Å². The molecule has 0 fully saturated rings. The monoisotopic (exact) mass is 310 g/mol. The molecule has 1 rings (SSSR count). The van der Waals surface area contributed by atoms with E-state index in [0.717, 1.165) is 6.07 Å². The van der Waals surface area contributed by atoms with Gasteiger partial charge in [0.05, 0.1) is 28.2 Å². The summed E-state index contributed by atoms with van der Waals surface area (Å²) in [6, 6.07) is 3.33. The molecule has 0 amide bonds. The Bertz CT molecular complexity index is 607. The molecule has 1 N–H and O–H groups in total. The maximum Gasteiger partial charge on any atom is 0.301 e. The topological polar surface area (TPSA) is 120 Å². The lowest BCUT2D eigenvalue weighted by Gasteiger charge is -2.20. The average Bonchev–Trinajstić information content (AvgIpc) is 2.41. The molecule has 1 aromatic rings. The van der Waals surface area contributed by atoms with Crippen LogP contribution in [0, 0.1) is 25.6 Å². The fraction of sp³-hybridized carbons (Fsp3) is 0.462. The highest BCUT2D eigenvalue weighted by Gasteiger charge is 2.22. The number of ether oxygens (including phenoxy) is 1. The van der Waals surface area contributed by atoms with Crippen LogP contribution in [0.4, 0.5) is 17.1 Å². The van der Waals surface area contributed by atoms with Crippen LogP contribution >= 0.6 is 0 Å². The summed E-state index contributed by atoms with van der Waals surface area (Å²) in [4.78, 5) is 20.3. The van der Waals surface area contributed by atoms with E-state index in [2.05, 4.69) is 10.5 Å². The molecule has 0 bridgehead atoms. The Morgan fingerprint density at radius 1 is 1.27 bits per heavy atom. The lowest BCUT2D eigenvalue weighted by molar-refractivity contribution is -0.393. The predicted octanol–water partition coefficient (Wildman–Crippen LogP) is 2.96. The molecule has 0 unspecified atom stereocenters. The number of nitrogens with zero attached hydrogens (tertiary/aromatic N) is 3. The molecule has 0 radical (unpaired) electrons. The van der Waals surface area contributed by atoms with E-state index in [1.807, 2.05) is 20.8 Å². The third-order valence-electron chi connectivity index (χ3n) is 2.85. The van der Waals surface area contributed by atoms with Crippen molar-refractivity contribution in [1.29, 1.82) is 0 Å². The summed E-state index contributed by atoms with van der Waals surface area (Å²) < 4.78 is 5.05. The van der Waals surface area contributed by atoms with Crippen LogP contribution < -0.4 is 5.43 Å². The van der Waals surface area contributed by atoms with Gasteiger partial charge in [-0.3, -0.25) is 25.7 Å². The Labute approximate surface area is 127 Å². The molecule has 1 aromatic carbocycles. The summed E-state index contributed by atoms with van der Waals surface area (Å²) in [6.07, 6.45) is 0. The largest absolute Gasteiger partial charge is 0.379 e. The molecule has 0 atom stereocenters. The summed E-state index contributed by atoms with van der Waals surface area (Å²) in [5.74, 6) is 0. The third kappa shape index (κ3) is 4.48. The smallest absolute Gasteiger partial charge is 0.301 e. The number of hydrogen-bond donors (Lipinski definition) is 1. The van der Waals surface area contributed by atoms with Gasteiger partial charge in [-0.1, -0.05) is 20.8 Å². The van der Waals surface area contributed by atoms with Gasteiger partial charge in [0, 0.05) is 18.6 Å². The summed E-state index contributed by atoms with van der Waals surface area (Å²) in [7, 11) is 1.52. The Kier molecular flexibility index (Phi) is 5.52. The molecule has 0 aliphatic rings. The minimum atomic E-state index is -0.696. The third-order valence-corrected chi connectivity index (χ3v) is 2.85. The van der Waals surface area contributed by atoms with Crippen molar-refractivity contribution in [2.45, 2.75) is 20.8 Å². The molecule has 0 spiro atoms. The summed E-state index contributed by atoms with van der Waals surface area (Å²) in [5, 5.41) is 25.9. The van der Waals surface area contributed by atoms with Crippen molar-refractivity contribution in [3.05, 3.63) is 38.4 Å². The summed E-state index contributed by atoms with van der Waals surface area (Å²) >= 11 is 0. The van der Waals surface area contributed by atoms with Crippen LogP contribution in [0.5, 0.6) is 0 Å². The number of methoxy groups -OCH3 is 1. The number of benzene rings is 1. The lowest BCUT2D eigenvalue weighted by atomic mass is 9.90. The second-order valence-electron chi connectivity index (χ2n) is 5.57. The summed E-state index contributed by atoms with van der Waals surface area (Å²) in [6.45, 7) is 6.04. The number of hydrazone groups is 1. The van der Waals surface area contributed by atoms with Crippen molar-refractivity contribution in [2.75, 3.05) is 19.1 Å². The number of rotatable bonds is 6. The molecule has 0 aliphatic carbocycles. The molecular formula is C13H18N4O5.